The van der Waals surface area contributed by atoms with Crippen molar-refractivity contribution in [2.75, 3.05) is 45.9 Å². The molecule has 2 saturated heterocycles. The van der Waals surface area contributed by atoms with Crippen LogP contribution in [0, 0.1) is 6.92 Å². The molecule has 24 heavy (non-hydrogen) atoms. The topological polar surface area (TPSA) is 62.2 Å². The molecule has 7 heteroatoms. The predicted octanol–water partition coefficient (Wildman–Crippen LogP) is 1.51. The minimum absolute atomic E-state index is 0.250. The number of benzene rings is 1. The summed E-state index contributed by atoms with van der Waals surface area (Å²) < 4.78 is 35.0. The highest BCUT2D eigenvalue weighted by Gasteiger charge is 2.23. The summed E-state index contributed by atoms with van der Waals surface area (Å²) in [4.78, 5) is 4.58. The SMILES string of the molecule is Cc1ccc(S(=O)(=O)N=C(CN2CCCC2)N2CCOCC2)cc1. The zero-order valence-electron chi connectivity index (χ0n) is 14.1. The molecule has 2 aliphatic heterocycles. The molecular formula is C17H25N3O3S. The van der Waals surface area contributed by atoms with Gasteiger partial charge < -0.3 is 9.64 Å². The van der Waals surface area contributed by atoms with Crippen LogP contribution in [0.5, 0.6) is 0 Å². The van der Waals surface area contributed by atoms with Gasteiger partial charge in [-0.15, -0.1) is 4.40 Å². The molecule has 3 rings (SSSR count). The van der Waals surface area contributed by atoms with Crippen LogP contribution < -0.4 is 0 Å². The van der Waals surface area contributed by atoms with Crippen LogP contribution in [0.1, 0.15) is 18.4 Å². The fourth-order valence-corrected chi connectivity index (χ4v) is 4.09. The molecule has 6 nitrogen and oxygen atoms in total. The molecule has 0 aliphatic carbocycles. The lowest BCUT2D eigenvalue weighted by Gasteiger charge is -2.31. The van der Waals surface area contributed by atoms with Crippen molar-refractivity contribution in [3.8, 4) is 0 Å². The molecule has 2 aliphatic rings. The first-order valence-electron chi connectivity index (χ1n) is 8.50. The van der Waals surface area contributed by atoms with Crippen molar-refractivity contribution in [1.82, 2.24) is 9.80 Å². The maximum absolute atomic E-state index is 12.7. The number of hydrogen-bond donors (Lipinski definition) is 0. The van der Waals surface area contributed by atoms with Crippen LogP contribution in [0.3, 0.4) is 0 Å². The third-order valence-electron chi connectivity index (χ3n) is 4.48. The second kappa shape index (κ2) is 7.63. The van der Waals surface area contributed by atoms with Gasteiger partial charge in [0, 0.05) is 13.1 Å². The van der Waals surface area contributed by atoms with Crippen molar-refractivity contribution in [1.29, 1.82) is 0 Å². The number of rotatable bonds is 4. The molecule has 0 radical (unpaired) electrons. The fourth-order valence-electron chi connectivity index (χ4n) is 3.05. The first kappa shape index (κ1) is 17.4. The predicted molar refractivity (Wildman–Crippen MR) is 93.9 cm³/mol. The Morgan fingerprint density at radius 2 is 1.71 bits per heavy atom. The molecular weight excluding hydrogens is 326 g/mol. The number of amidine groups is 1. The van der Waals surface area contributed by atoms with Gasteiger partial charge in [-0.25, -0.2) is 0 Å². The Morgan fingerprint density at radius 3 is 2.33 bits per heavy atom. The molecule has 2 fully saturated rings. The second-order valence-electron chi connectivity index (χ2n) is 6.38. The van der Waals surface area contributed by atoms with Crippen molar-refractivity contribution in [2.24, 2.45) is 4.40 Å². The van der Waals surface area contributed by atoms with Crippen molar-refractivity contribution in [2.45, 2.75) is 24.7 Å². The number of sulfonamides is 1. The molecule has 0 spiro atoms. The smallest absolute Gasteiger partial charge is 0.283 e. The number of ether oxygens (including phenoxy) is 1. The number of morpholine rings is 1. The van der Waals surface area contributed by atoms with Crippen molar-refractivity contribution in [3.05, 3.63) is 29.8 Å². The second-order valence-corrected chi connectivity index (χ2v) is 7.98. The summed E-state index contributed by atoms with van der Waals surface area (Å²) in [5.74, 6) is 0.640. The lowest BCUT2D eigenvalue weighted by Crippen LogP contribution is -2.45. The number of nitrogens with zero attached hydrogens (tertiary/aromatic N) is 3. The first-order chi connectivity index (χ1) is 11.5. The van der Waals surface area contributed by atoms with Crippen LogP contribution in [0.4, 0.5) is 0 Å². The molecule has 0 amide bonds. The lowest BCUT2D eigenvalue weighted by atomic mass is 10.2. The number of hydrogen-bond acceptors (Lipinski definition) is 4. The largest absolute Gasteiger partial charge is 0.378 e. The van der Waals surface area contributed by atoms with Gasteiger partial charge in [-0.1, -0.05) is 17.7 Å². The molecule has 0 N–H and O–H groups in total. The Bertz CT molecular complexity index is 674. The van der Waals surface area contributed by atoms with Gasteiger partial charge in [-0.05, 0) is 45.0 Å². The van der Waals surface area contributed by atoms with Crippen molar-refractivity contribution >= 4 is 15.9 Å². The Kier molecular flexibility index (Phi) is 5.53. The van der Waals surface area contributed by atoms with E-state index in [-0.39, 0.29) is 4.90 Å². The molecule has 0 saturated carbocycles. The van der Waals surface area contributed by atoms with Gasteiger partial charge in [0.05, 0.1) is 24.7 Å². The van der Waals surface area contributed by atoms with Crippen molar-refractivity contribution < 1.29 is 13.2 Å². The van der Waals surface area contributed by atoms with Crippen LogP contribution in [0.15, 0.2) is 33.6 Å². The van der Waals surface area contributed by atoms with Gasteiger partial charge in [0.15, 0.2) is 0 Å². The highest BCUT2D eigenvalue weighted by molar-refractivity contribution is 7.90. The normalized spacial score (nSPS) is 20.5. The first-order valence-corrected chi connectivity index (χ1v) is 9.94. The molecule has 132 valence electrons. The van der Waals surface area contributed by atoms with Gasteiger partial charge in [-0.3, -0.25) is 4.90 Å². The van der Waals surface area contributed by atoms with Crippen molar-refractivity contribution in [3.63, 3.8) is 0 Å². The Labute approximate surface area is 144 Å². The molecule has 1 aromatic carbocycles. The highest BCUT2D eigenvalue weighted by atomic mass is 32.2. The molecule has 0 aromatic heterocycles. The van der Waals surface area contributed by atoms with E-state index in [0.717, 1.165) is 18.7 Å². The van der Waals surface area contributed by atoms with Crippen LogP contribution in [-0.4, -0.2) is 70.0 Å². The Balaban J connectivity index is 1.86. The average molecular weight is 351 g/mol. The van der Waals surface area contributed by atoms with Gasteiger partial charge in [-0.2, -0.15) is 8.42 Å². The van der Waals surface area contributed by atoms with Gasteiger partial charge in [0.2, 0.25) is 0 Å². The van der Waals surface area contributed by atoms with E-state index in [1.807, 2.05) is 11.8 Å². The summed E-state index contributed by atoms with van der Waals surface area (Å²) in [6, 6.07) is 6.86. The van der Waals surface area contributed by atoms with Crippen LogP contribution in [-0.2, 0) is 14.8 Å². The van der Waals surface area contributed by atoms with Crippen LogP contribution >= 0.6 is 0 Å². The van der Waals surface area contributed by atoms with E-state index in [2.05, 4.69) is 9.30 Å². The third-order valence-corrected chi connectivity index (χ3v) is 5.80. The van der Waals surface area contributed by atoms with E-state index >= 15 is 0 Å². The summed E-state index contributed by atoms with van der Waals surface area (Å²) in [5, 5.41) is 0. The van der Waals surface area contributed by atoms with Crippen LogP contribution in [0.25, 0.3) is 0 Å². The molecule has 1 aromatic rings. The summed E-state index contributed by atoms with van der Waals surface area (Å²) in [6.45, 7) is 7.15. The number of aryl methyl sites for hydroxylation is 1. The minimum atomic E-state index is -3.69. The Hall–Kier alpha value is -1.44. The van der Waals surface area contributed by atoms with Gasteiger partial charge in [0.1, 0.15) is 5.84 Å². The fraction of sp³-hybridized carbons (Fsp3) is 0.588. The van der Waals surface area contributed by atoms with E-state index in [4.69, 9.17) is 4.74 Å². The maximum atomic E-state index is 12.7. The summed E-state index contributed by atoms with van der Waals surface area (Å²) in [7, 11) is -3.69. The number of likely N-dealkylation sites (tertiary alicyclic amines) is 1. The monoisotopic (exact) mass is 351 g/mol. The van der Waals surface area contributed by atoms with Gasteiger partial charge in [0.25, 0.3) is 10.0 Å². The van der Waals surface area contributed by atoms with E-state index in [9.17, 15) is 8.42 Å². The quantitative estimate of drug-likeness (QED) is 0.608. The lowest BCUT2D eigenvalue weighted by molar-refractivity contribution is 0.0666. The molecule has 0 unspecified atom stereocenters. The minimum Gasteiger partial charge on any atom is -0.378 e. The Morgan fingerprint density at radius 1 is 1.08 bits per heavy atom. The van der Waals surface area contributed by atoms with E-state index in [0.29, 0.717) is 38.7 Å². The molecule has 2 heterocycles. The van der Waals surface area contributed by atoms with E-state index in [1.165, 1.54) is 12.8 Å². The molecule has 0 bridgehead atoms. The van der Waals surface area contributed by atoms with Gasteiger partial charge >= 0.3 is 0 Å². The summed E-state index contributed by atoms with van der Waals surface area (Å²) >= 11 is 0. The van der Waals surface area contributed by atoms with E-state index < -0.39 is 10.0 Å². The zero-order chi connectivity index (χ0) is 17.0. The maximum Gasteiger partial charge on any atom is 0.283 e. The van der Waals surface area contributed by atoms with Crippen LogP contribution in [0.2, 0.25) is 0 Å². The summed E-state index contributed by atoms with van der Waals surface area (Å²) in [5.41, 5.74) is 1.03. The van der Waals surface area contributed by atoms with E-state index in [1.54, 1.807) is 24.3 Å². The summed E-state index contributed by atoms with van der Waals surface area (Å²) in [6.07, 6.45) is 2.34. The average Bonchev–Trinajstić information content (AvgIpc) is 3.08. The highest BCUT2D eigenvalue weighted by Crippen LogP contribution is 2.16. The molecule has 0 atom stereocenters. The standard InChI is InChI=1S/C17H25N3O3S/c1-15-4-6-16(7-5-15)24(21,22)18-17(14-19-8-2-3-9-19)20-10-12-23-13-11-20/h4-7H,2-3,8-14H2,1H3. The third kappa shape index (κ3) is 4.34. The zero-order valence-corrected chi connectivity index (χ0v) is 15.0.